The molecule has 1 saturated heterocycles. The van der Waals surface area contributed by atoms with E-state index in [1.54, 1.807) is 48.5 Å². The van der Waals surface area contributed by atoms with E-state index in [2.05, 4.69) is 20.0 Å². The Morgan fingerprint density at radius 2 is 1.79 bits per heavy atom. The number of phenolic OH excluding ortho intramolecular Hbond substituents is 2. The molecule has 0 radical (unpaired) electrons. The second-order valence-corrected chi connectivity index (χ2v) is 16.8. The summed E-state index contributed by atoms with van der Waals surface area (Å²) >= 11 is 0. The Morgan fingerprint density at radius 3 is 2.49 bits per heavy atom. The van der Waals surface area contributed by atoms with E-state index in [9.17, 15) is 45.6 Å². The minimum atomic E-state index is -2.76. The van der Waals surface area contributed by atoms with Crippen molar-refractivity contribution >= 4 is 41.1 Å². The van der Waals surface area contributed by atoms with Crippen LogP contribution in [0.25, 0.3) is 5.76 Å². The van der Waals surface area contributed by atoms with Gasteiger partial charge in [-0.05, 0) is 89.7 Å². The number of aromatic nitrogens is 1. The number of phenols is 2. The zero-order chi connectivity index (χ0) is 48.1. The van der Waals surface area contributed by atoms with Gasteiger partial charge in [-0.2, -0.15) is 0 Å². The van der Waals surface area contributed by atoms with E-state index >= 15 is 0 Å². The van der Waals surface area contributed by atoms with Crippen molar-refractivity contribution in [1.29, 1.82) is 5.41 Å². The molecule has 11 N–H and O–H groups in total. The van der Waals surface area contributed by atoms with Crippen LogP contribution in [0.15, 0.2) is 112 Å². The van der Waals surface area contributed by atoms with E-state index in [1.165, 1.54) is 49.0 Å². The number of rotatable bonds is 15. The van der Waals surface area contributed by atoms with Crippen LogP contribution in [0, 0.1) is 11.3 Å². The second-order valence-electron chi connectivity index (χ2n) is 16.8. The largest absolute Gasteiger partial charge is 0.508 e. The Morgan fingerprint density at radius 1 is 1.01 bits per heavy atom. The van der Waals surface area contributed by atoms with Crippen LogP contribution in [0.2, 0.25) is 0 Å². The Labute approximate surface area is 387 Å². The number of hydrogen-bond donors (Lipinski definition) is 10. The number of pyridine rings is 1. The summed E-state index contributed by atoms with van der Waals surface area (Å²) in [5.41, 5.74) is 3.28. The number of nitrogens with one attached hydrogen (secondary N) is 1. The molecule has 4 aromatic rings. The Bertz CT molecular complexity index is 2880. The first-order chi connectivity index (χ1) is 32.5. The maximum atomic E-state index is 13.2. The minimum absolute atomic E-state index is 0.0191. The van der Waals surface area contributed by atoms with Gasteiger partial charge in [0.1, 0.15) is 83.7 Å². The molecule has 9 rings (SSSR count). The van der Waals surface area contributed by atoms with Crippen LogP contribution in [0.5, 0.6) is 34.5 Å². The molecule has 5 aliphatic rings. The summed E-state index contributed by atoms with van der Waals surface area (Å²) in [5, 5.41) is 99.9. The van der Waals surface area contributed by atoms with E-state index in [-0.39, 0.29) is 66.2 Å². The van der Waals surface area contributed by atoms with Gasteiger partial charge in [0, 0.05) is 18.3 Å². The maximum Gasteiger partial charge on any atom is 0.336 e. The lowest BCUT2D eigenvalue weighted by Crippen LogP contribution is -2.79. The number of carbonyl (C=O) groups is 1. The smallest absolute Gasteiger partial charge is 0.336 e. The molecule has 3 aromatic carbocycles. The number of hydrogen-bond acceptors (Lipinski definition) is 18. The Hall–Kier alpha value is -7.62. The van der Waals surface area contributed by atoms with E-state index < -0.39 is 76.8 Å². The van der Waals surface area contributed by atoms with Gasteiger partial charge in [0.05, 0.1) is 23.9 Å². The molecule has 20 nitrogen and oxygen atoms in total. The third-order valence-electron chi connectivity index (χ3n) is 12.2. The first kappa shape index (κ1) is 45.5. The lowest BCUT2D eigenvalue weighted by molar-refractivity contribution is -0.338. The average molecular weight is 931 g/mol. The standard InChI is InChI=1S/C48H46N6O14/c1-2-23-11-25(14-28(55)13-23)20-65-42-36(17-35-39(41(42)58)32(56)16-34(66-35)26-3-5-29(6-4-26)64-21-33(57)30-7-8-37(49)54-30)67-46-47(62)18-27(12-24-9-10-52-38(50)15-24)40(31-19-51-22-53-31)48(63,45(47)61)43(68-46)44(59)60/h3-11,13-18,22,33-34,40,43,45-46,49,55-58,61-63H,2,12,19-21H2,1H3,(H2,50,52)(H,59,60)/t33-,34?,40+,43+,45-,46+,47+,48+/m0/s1. The average Bonchev–Trinajstić information content (AvgIpc) is 4.00. The van der Waals surface area contributed by atoms with Crippen molar-refractivity contribution in [2.45, 2.75) is 68.3 Å². The first-order valence-electron chi connectivity index (χ1n) is 21.4. The number of aliphatic hydroxyl groups is 5. The van der Waals surface area contributed by atoms with E-state index in [0.29, 0.717) is 34.6 Å². The Balaban J connectivity index is 1.09. The number of benzene rings is 3. The Kier molecular flexibility index (Phi) is 12.0. The number of nitrogens with zero attached hydrogens (tertiary/aromatic N) is 4. The van der Waals surface area contributed by atoms with Crippen molar-refractivity contribution in [3.63, 3.8) is 0 Å². The van der Waals surface area contributed by atoms with Gasteiger partial charge in [-0.3, -0.25) is 10.4 Å². The number of ether oxygens (including phenoxy) is 5. The van der Waals surface area contributed by atoms with Crippen molar-refractivity contribution in [3.05, 3.63) is 125 Å². The van der Waals surface area contributed by atoms with Crippen LogP contribution in [-0.2, 0) is 29.0 Å². The summed E-state index contributed by atoms with van der Waals surface area (Å²) in [6.45, 7) is 1.40. The normalized spacial score (nSPS) is 26.2. The molecule has 0 amide bonds. The van der Waals surface area contributed by atoms with Gasteiger partial charge in [0.25, 0.3) is 0 Å². The van der Waals surface area contributed by atoms with Crippen molar-refractivity contribution in [2.24, 2.45) is 20.9 Å². The lowest BCUT2D eigenvalue weighted by Gasteiger charge is -2.57. The van der Waals surface area contributed by atoms with Crippen LogP contribution in [0.3, 0.4) is 0 Å². The third-order valence-corrected chi connectivity index (χ3v) is 12.2. The van der Waals surface area contributed by atoms with Gasteiger partial charge in [-0.15, -0.1) is 0 Å². The molecule has 4 aliphatic heterocycles. The van der Waals surface area contributed by atoms with Gasteiger partial charge in [0.2, 0.25) is 12.0 Å². The summed E-state index contributed by atoms with van der Waals surface area (Å²) in [6, 6.07) is 15.7. The molecule has 8 atom stereocenters. The van der Waals surface area contributed by atoms with Crippen molar-refractivity contribution < 1.29 is 69.3 Å². The third kappa shape index (κ3) is 8.39. The first-order valence-corrected chi connectivity index (χ1v) is 21.4. The van der Waals surface area contributed by atoms with Crippen LogP contribution >= 0.6 is 0 Å². The predicted octanol–water partition coefficient (Wildman–Crippen LogP) is 3.27. The fourth-order valence-electron chi connectivity index (χ4n) is 9.04. The number of amidine groups is 1. The highest BCUT2D eigenvalue weighted by atomic mass is 16.7. The maximum absolute atomic E-state index is 13.2. The van der Waals surface area contributed by atoms with Gasteiger partial charge in [-0.1, -0.05) is 30.7 Å². The number of carboxylic acid groups (broad SMARTS) is 1. The fourth-order valence-corrected chi connectivity index (χ4v) is 9.04. The highest BCUT2D eigenvalue weighted by molar-refractivity contribution is 6.15. The zero-order valence-electron chi connectivity index (χ0n) is 36.1. The number of anilines is 1. The number of aromatic hydroxyl groups is 2. The molecule has 0 spiro atoms. The van der Waals surface area contributed by atoms with E-state index in [0.717, 1.165) is 5.56 Å². The molecule has 1 aliphatic carbocycles. The molecule has 1 unspecified atom stereocenters. The molecule has 1 fully saturated rings. The van der Waals surface area contributed by atoms with Crippen LogP contribution < -0.4 is 24.7 Å². The minimum Gasteiger partial charge on any atom is -0.508 e. The summed E-state index contributed by atoms with van der Waals surface area (Å²) in [5.74, 6) is -4.72. The second kappa shape index (κ2) is 17.9. The van der Waals surface area contributed by atoms with Gasteiger partial charge in [0.15, 0.2) is 23.2 Å². The number of nitrogens with two attached hydrogens (primary N) is 1. The number of aliphatic hydroxyl groups excluding tert-OH is 3. The highest BCUT2D eigenvalue weighted by Gasteiger charge is 2.71. The molecule has 20 heteroatoms. The zero-order valence-corrected chi connectivity index (χ0v) is 36.1. The summed E-state index contributed by atoms with van der Waals surface area (Å²) < 4.78 is 30.5. The number of aliphatic imine (C=N–C) groups is 3. The monoisotopic (exact) mass is 930 g/mol. The number of nitrogen functional groups attached to an aromatic ring is 1. The SMILES string of the molecule is CCc1cc(O)cc(COc2c(O[C@@H]3O[C@H](C(=O)O)[C@]4(O)[C@@H](C5=NC=NC5)C(Cc5ccnc(N)c5)=C[C@@]3(O)[C@@H]4O)cc3c(c2O)C(O)=CC(c2ccc(OC[C@H](O)C4=NC(=N)C=C4)cc2)O3)c1. The van der Waals surface area contributed by atoms with Crippen LogP contribution in [-0.4, -0.2) is 124 Å². The molecule has 2 bridgehead atoms. The van der Waals surface area contributed by atoms with Gasteiger partial charge < -0.3 is 70.3 Å². The van der Waals surface area contributed by atoms with Crippen molar-refractivity contribution in [3.8, 4) is 34.5 Å². The topological polar surface area (TPSA) is 325 Å². The van der Waals surface area contributed by atoms with E-state index in [4.69, 9.17) is 34.8 Å². The van der Waals surface area contributed by atoms with Crippen molar-refractivity contribution in [1.82, 2.24) is 4.98 Å². The molecular formula is C48H46N6O14. The summed E-state index contributed by atoms with van der Waals surface area (Å²) in [4.78, 5) is 29.5. The number of aryl methyl sites for hydroxylation is 1. The molecule has 68 heavy (non-hydrogen) atoms. The van der Waals surface area contributed by atoms with E-state index in [1.807, 2.05) is 6.92 Å². The highest BCUT2D eigenvalue weighted by Crippen LogP contribution is 2.54. The molecule has 5 heterocycles. The van der Waals surface area contributed by atoms with Crippen LogP contribution in [0.1, 0.15) is 40.8 Å². The number of aliphatic carboxylic acids is 1. The van der Waals surface area contributed by atoms with Gasteiger partial charge >= 0.3 is 5.97 Å². The fraction of sp³-hybridized carbons (Fsp3) is 0.292. The predicted molar refractivity (Wildman–Crippen MR) is 244 cm³/mol. The molecule has 352 valence electrons. The summed E-state index contributed by atoms with van der Waals surface area (Å²) in [7, 11) is 0. The quantitative estimate of drug-likeness (QED) is 0.0765. The van der Waals surface area contributed by atoms with Gasteiger partial charge in [-0.25, -0.2) is 19.8 Å². The molecule has 0 saturated carbocycles. The number of carboxylic acids is 1. The van der Waals surface area contributed by atoms with Crippen molar-refractivity contribution in [2.75, 3.05) is 18.9 Å². The lowest BCUT2D eigenvalue weighted by atomic mass is 9.60. The summed E-state index contributed by atoms with van der Waals surface area (Å²) in [6.07, 6.45) is -0.0518. The van der Waals surface area contributed by atoms with Crippen LogP contribution in [0.4, 0.5) is 5.82 Å². The molecular weight excluding hydrogens is 885 g/mol. The molecule has 1 aromatic heterocycles. The number of fused-ring (bicyclic) bond motifs is 3.